The number of pyridine rings is 2. The van der Waals surface area contributed by atoms with Gasteiger partial charge in [0.2, 0.25) is 0 Å². The van der Waals surface area contributed by atoms with Crippen molar-refractivity contribution in [3.8, 4) is 16.8 Å². The van der Waals surface area contributed by atoms with Crippen LogP contribution in [0.4, 0.5) is 0 Å². The molecule has 4 heterocycles. The van der Waals surface area contributed by atoms with Gasteiger partial charge in [-0.2, -0.15) is 0 Å². The average Bonchev–Trinajstić information content (AvgIpc) is 2.96. The molecule has 0 saturated carbocycles. The normalized spacial score (nSPS) is 10.9. The molecular formula is C16H11N5. The Bertz CT molecular complexity index is 811. The predicted molar refractivity (Wildman–Crippen MR) is 79.9 cm³/mol. The predicted octanol–water partition coefficient (Wildman–Crippen LogP) is 2.88. The van der Waals surface area contributed by atoms with E-state index in [1.807, 2.05) is 47.6 Å². The fourth-order valence-corrected chi connectivity index (χ4v) is 2.42. The maximum Gasteiger partial charge on any atom is 0.145 e. The molecule has 0 saturated heterocycles. The molecule has 21 heavy (non-hydrogen) atoms. The molecule has 0 bridgehead atoms. The molecule has 100 valence electrons. The molecule has 0 aromatic carbocycles. The zero-order valence-electron chi connectivity index (χ0n) is 11.1. The SMILES string of the molecule is c1cncc(-n2cc(-c3cncnc3)c3cccnc32)c1. The fraction of sp³-hybridized carbons (Fsp3) is 0. The van der Waals surface area contributed by atoms with E-state index in [1.165, 1.54) is 6.33 Å². The Morgan fingerprint density at radius 3 is 2.52 bits per heavy atom. The topological polar surface area (TPSA) is 56.5 Å². The van der Waals surface area contributed by atoms with Crippen molar-refractivity contribution in [3.05, 3.63) is 67.8 Å². The van der Waals surface area contributed by atoms with Crippen molar-refractivity contribution < 1.29 is 0 Å². The first-order valence-corrected chi connectivity index (χ1v) is 6.55. The molecule has 0 aliphatic carbocycles. The molecule has 0 N–H and O–H groups in total. The van der Waals surface area contributed by atoms with Crippen LogP contribution in [-0.4, -0.2) is 24.5 Å². The minimum atomic E-state index is 0.893. The third kappa shape index (κ3) is 1.95. The van der Waals surface area contributed by atoms with E-state index < -0.39 is 0 Å². The Hall–Kier alpha value is -3.08. The zero-order chi connectivity index (χ0) is 14.1. The van der Waals surface area contributed by atoms with Crippen molar-refractivity contribution in [1.82, 2.24) is 24.5 Å². The van der Waals surface area contributed by atoms with E-state index in [1.54, 1.807) is 12.4 Å². The van der Waals surface area contributed by atoms with Crippen molar-refractivity contribution in [3.63, 3.8) is 0 Å². The first kappa shape index (κ1) is 11.7. The lowest BCUT2D eigenvalue weighted by atomic mass is 10.1. The van der Waals surface area contributed by atoms with Crippen molar-refractivity contribution >= 4 is 11.0 Å². The number of rotatable bonds is 2. The molecule has 4 rings (SSSR count). The number of fused-ring (bicyclic) bond motifs is 1. The van der Waals surface area contributed by atoms with Crippen LogP contribution in [-0.2, 0) is 0 Å². The van der Waals surface area contributed by atoms with Gasteiger partial charge in [0.15, 0.2) is 0 Å². The van der Waals surface area contributed by atoms with Crippen molar-refractivity contribution in [2.45, 2.75) is 0 Å². The molecule has 0 spiro atoms. The summed E-state index contributed by atoms with van der Waals surface area (Å²) in [5, 5.41) is 1.07. The molecule has 0 atom stereocenters. The number of nitrogens with zero attached hydrogens (tertiary/aromatic N) is 5. The van der Waals surface area contributed by atoms with Crippen molar-refractivity contribution in [2.24, 2.45) is 0 Å². The van der Waals surface area contributed by atoms with Crippen LogP contribution in [0, 0.1) is 0 Å². The van der Waals surface area contributed by atoms with Gasteiger partial charge in [0, 0.05) is 47.5 Å². The Balaban J connectivity index is 2.02. The van der Waals surface area contributed by atoms with E-state index in [9.17, 15) is 0 Å². The summed E-state index contributed by atoms with van der Waals surface area (Å²) < 4.78 is 2.03. The summed E-state index contributed by atoms with van der Waals surface area (Å²) in [5.41, 5.74) is 3.90. The highest BCUT2D eigenvalue weighted by molar-refractivity contribution is 5.94. The first-order valence-electron chi connectivity index (χ1n) is 6.55. The number of hydrogen-bond donors (Lipinski definition) is 0. The van der Waals surface area contributed by atoms with E-state index in [0.717, 1.165) is 27.8 Å². The van der Waals surface area contributed by atoms with Crippen LogP contribution in [0.1, 0.15) is 0 Å². The Morgan fingerprint density at radius 1 is 0.857 bits per heavy atom. The van der Waals surface area contributed by atoms with Gasteiger partial charge in [0.05, 0.1) is 11.9 Å². The molecule has 0 unspecified atom stereocenters. The van der Waals surface area contributed by atoms with E-state index in [4.69, 9.17) is 0 Å². The second-order valence-corrected chi connectivity index (χ2v) is 4.63. The molecule has 4 aromatic heterocycles. The lowest BCUT2D eigenvalue weighted by Gasteiger charge is -2.02. The standard InChI is InChI=1S/C16H11N5/c1-3-13(9-17-5-1)21-10-15(12-7-18-11-19-8-12)14-4-2-6-20-16(14)21/h1-11H. The van der Waals surface area contributed by atoms with Crippen molar-refractivity contribution in [1.29, 1.82) is 0 Å². The Morgan fingerprint density at radius 2 is 1.71 bits per heavy atom. The van der Waals surface area contributed by atoms with Crippen LogP contribution in [0.5, 0.6) is 0 Å². The van der Waals surface area contributed by atoms with Gasteiger partial charge >= 0.3 is 0 Å². The molecular weight excluding hydrogens is 262 g/mol. The molecule has 0 amide bonds. The summed E-state index contributed by atoms with van der Waals surface area (Å²) in [6.45, 7) is 0. The summed E-state index contributed by atoms with van der Waals surface area (Å²) in [4.78, 5) is 16.9. The summed E-state index contributed by atoms with van der Waals surface area (Å²) in [7, 11) is 0. The van der Waals surface area contributed by atoms with Gasteiger partial charge in [-0.3, -0.25) is 9.55 Å². The fourth-order valence-electron chi connectivity index (χ4n) is 2.42. The Labute approximate surface area is 121 Å². The van der Waals surface area contributed by atoms with Crippen molar-refractivity contribution in [2.75, 3.05) is 0 Å². The highest BCUT2D eigenvalue weighted by atomic mass is 15.0. The van der Waals surface area contributed by atoms with Crippen LogP contribution < -0.4 is 0 Å². The van der Waals surface area contributed by atoms with Gasteiger partial charge in [0.25, 0.3) is 0 Å². The van der Waals surface area contributed by atoms with Crippen LogP contribution in [0.15, 0.2) is 67.8 Å². The van der Waals surface area contributed by atoms with E-state index >= 15 is 0 Å². The zero-order valence-corrected chi connectivity index (χ0v) is 11.1. The molecule has 0 aliphatic rings. The van der Waals surface area contributed by atoms with Crippen LogP contribution in [0.2, 0.25) is 0 Å². The quantitative estimate of drug-likeness (QED) is 0.563. The summed E-state index contributed by atoms with van der Waals surface area (Å²) in [5.74, 6) is 0. The second-order valence-electron chi connectivity index (χ2n) is 4.63. The van der Waals surface area contributed by atoms with Gasteiger partial charge in [-0.15, -0.1) is 0 Å². The van der Waals surface area contributed by atoms with E-state index in [-0.39, 0.29) is 0 Å². The third-order valence-electron chi connectivity index (χ3n) is 3.36. The van der Waals surface area contributed by atoms with Gasteiger partial charge < -0.3 is 0 Å². The smallest absolute Gasteiger partial charge is 0.145 e. The van der Waals surface area contributed by atoms with E-state index in [0.29, 0.717) is 0 Å². The number of hydrogen-bond acceptors (Lipinski definition) is 4. The molecule has 0 fully saturated rings. The highest BCUT2D eigenvalue weighted by Gasteiger charge is 2.12. The molecule has 5 heteroatoms. The summed E-state index contributed by atoms with van der Waals surface area (Å²) in [6.07, 6.45) is 12.6. The monoisotopic (exact) mass is 273 g/mol. The second kappa shape index (κ2) is 4.79. The molecule has 0 aliphatic heterocycles. The largest absolute Gasteiger partial charge is 0.299 e. The van der Waals surface area contributed by atoms with Gasteiger partial charge in [-0.25, -0.2) is 15.0 Å². The lowest BCUT2D eigenvalue weighted by Crippen LogP contribution is -1.93. The van der Waals surface area contributed by atoms with Gasteiger partial charge in [-0.1, -0.05) is 0 Å². The lowest BCUT2D eigenvalue weighted by molar-refractivity contribution is 1.07. The highest BCUT2D eigenvalue weighted by Crippen LogP contribution is 2.30. The van der Waals surface area contributed by atoms with Crippen LogP contribution >= 0.6 is 0 Å². The molecule has 0 radical (unpaired) electrons. The van der Waals surface area contributed by atoms with Gasteiger partial charge in [-0.05, 0) is 24.3 Å². The third-order valence-corrected chi connectivity index (χ3v) is 3.36. The van der Waals surface area contributed by atoms with E-state index in [2.05, 4.69) is 26.0 Å². The van der Waals surface area contributed by atoms with Crippen LogP contribution in [0.25, 0.3) is 27.8 Å². The number of aromatic nitrogens is 5. The maximum atomic E-state index is 4.50. The molecule has 4 aromatic rings. The van der Waals surface area contributed by atoms with Gasteiger partial charge in [0.1, 0.15) is 12.0 Å². The minimum Gasteiger partial charge on any atom is -0.299 e. The summed E-state index contributed by atoms with van der Waals surface area (Å²) in [6, 6.07) is 7.91. The maximum absolute atomic E-state index is 4.50. The summed E-state index contributed by atoms with van der Waals surface area (Å²) >= 11 is 0. The minimum absolute atomic E-state index is 0.893. The molecule has 5 nitrogen and oxygen atoms in total. The Kier molecular flexibility index (Phi) is 2.67. The van der Waals surface area contributed by atoms with Crippen LogP contribution in [0.3, 0.4) is 0 Å². The first-order chi connectivity index (χ1) is 10.4. The average molecular weight is 273 g/mol.